The van der Waals surface area contributed by atoms with Crippen LogP contribution in [0.15, 0.2) is 48.7 Å². The smallest absolute Gasteiger partial charge is 0.259 e. The number of carbonyl (C=O) groups is 2. The van der Waals surface area contributed by atoms with E-state index >= 15 is 0 Å². The molecule has 2 amide bonds. The molecule has 1 aromatic heterocycles. The summed E-state index contributed by atoms with van der Waals surface area (Å²) in [5, 5.41) is 2.84. The molecule has 3 heterocycles. The van der Waals surface area contributed by atoms with E-state index in [0.29, 0.717) is 49.8 Å². The van der Waals surface area contributed by atoms with Crippen LogP contribution in [0.25, 0.3) is 11.1 Å². The molecule has 9 nitrogen and oxygen atoms in total. The molecule has 0 saturated carbocycles. The SMILES string of the molecule is COc1c(F)cc(N2CCOCC2)cc1C(=O)Nc1cnc(C)c(-c2ccc(C(=O)N(C)C3CCCO3)cc2)c1. The third-order valence-corrected chi connectivity index (χ3v) is 7.30. The number of nitrogens with one attached hydrogen (secondary N) is 1. The zero-order valence-corrected chi connectivity index (χ0v) is 22.9. The fourth-order valence-electron chi connectivity index (χ4n) is 5.04. The highest BCUT2D eigenvalue weighted by Crippen LogP contribution is 2.31. The van der Waals surface area contributed by atoms with Crippen LogP contribution in [0.1, 0.15) is 39.3 Å². The van der Waals surface area contributed by atoms with Crippen LogP contribution < -0.4 is 15.0 Å². The van der Waals surface area contributed by atoms with Crippen LogP contribution in [0.5, 0.6) is 5.75 Å². The third-order valence-electron chi connectivity index (χ3n) is 7.30. The Labute approximate surface area is 232 Å². The number of aryl methyl sites for hydroxylation is 1. The van der Waals surface area contributed by atoms with Crippen LogP contribution in [0.4, 0.5) is 15.8 Å². The first-order valence-corrected chi connectivity index (χ1v) is 13.3. The summed E-state index contributed by atoms with van der Waals surface area (Å²) in [6, 6.07) is 12.1. The maximum atomic E-state index is 14.9. The van der Waals surface area contributed by atoms with E-state index in [1.807, 2.05) is 30.0 Å². The Morgan fingerprint density at radius 3 is 2.55 bits per heavy atom. The lowest BCUT2D eigenvalue weighted by molar-refractivity contribution is 0.000873. The molecule has 2 aliphatic heterocycles. The number of morpholine rings is 1. The number of aromatic nitrogens is 1. The molecule has 2 aliphatic rings. The first-order valence-electron chi connectivity index (χ1n) is 13.3. The van der Waals surface area contributed by atoms with E-state index in [-0.39, 0.29) is 23.4 Å². The fourth-order valence-corrected chi connectivity index (χ4v) is 5.04. The molecular weight excluding hydrogens is 515 g/mol. The maximum absolute atomic E-state index is 14.9. The summed E-state index contributed by atoms with van der Waals surface area (Å²) in [5.41, 5.74) is 4.08. The van der Waals surface area contributed by atoms with Gasteiger partial charge in [0, 0.05) is 55.3 Å². The monoisotopic (exact) mass is 548 g/mol. The Hall–Kier alpha value is -4.02. The molecule has 0 aliphatic carbocycles. The van der Waals surface area contributed by atoms with E-state index in [9.17, 15) is 14.0 Å². The second-order valence-electron chi connectivity index (χ2n) is 9.88. The van der Waals surface area contributed by atoms with Crippen molar-refractivity contribution >= 4 is 23.2 Å². The molecule has 1 atom stereocenters. The average molecular weight is 549 g/mol. The van der Waals surface area contributed by atoms with Gasteiger partial charge in [-0.15, -0.1) is 0 Å². The van der Waals surface area contributed by atoms with Gasteiger partial charge in [0.25, 0.3) is 11.8 Å². The highest BCUT2D eigenvalue weighted by atomic mass is 19.1. The van der Waals surface area contributed by atoms with E-state index in [2.05, 4.69) is 10.3 Å². The number of hydrogen-bond donors (Lipinski definition) is 1. The number of ether oxygens (including phenoxy) is 3. The van der Waals surface area contributed by atoms with Crippen molar-refractivity contribution in [3.63, 3.8) is 0 Å². The number of methoxy groups -OCH3 is 1. The zero-order valence-electron chi connectivity index (χ0n) is 22.9. The van der Waals surface area contributed by atoms with Crippen molar-refractivity contribution < 1.29 is 28.2 Å². The van der Waals surface area contributed by atoms with Gasteiger partial charge in [-0.2, -0.15) is 0 Å². The van der Waals surface area contributed by atoms with E-state index < -0.39 is 11.7 Å². The van der Waals surface area contributed by atoms with Crippen molar-refractivity contribution in [1.82, 2.24) is 9.88 Å². The highest BCUT2D eigenvalue weighted by molar-refractivity contribution is 6.07. The molecule has 5 rings (SSSR count). The lowest BCUT2D eigenvalue weighted by Crippen LogP contribution is -2.36. The van der Waals surface area contributed by atoms with Crippen LogP contribution in [-0.2, 0) is 9.47 Å². The second kappa shape index (κ2) is 12.0. The molecule has 210 valence electrons. The summed E-state index contributed by atoms with van der Waals surface area (Å²) in [6.07, 6.45) is 3.14. The number of rotatable bonds is 7. The molecule has 3 aromatic rings. The second-order valence-corrected chi connectivity index (χ2v) is 9.88. The van der Waals surface area contributed by atoms with Crippen molar-refractivity contribution in [2.75, 3.05) is 57.3 Å². The molecule has 1 unspecified atom stereocenters. The minimum atomic E-state index is -0.612. The molecule has 0 radical (unpaired) electrons. The zero-order chi connectivity index (χ0) is 28.2. The number of hydrogen-bond acceptors (Lipinski definition) is 7. The number of nitrogens with zero attached hydrogens (tertiary/aromatic N) is 3. The van der Waals surface area contributed by atoms with Crippen molar-refractivity contribution in [3.05, 3.63) is 71.3 Å². The quantitative estimate of drug-likeness (QED) is 0.465. The van der Waals surface area contributed by atoms with E-state index in [1.54, 1.807) is 36.3 Å². The summed E-state index contributed by atoms with van der Waals surface area (Å²) < 4.78 is 31.2. The molecule has 2 fully saturated rings. The molecule has 0 bridgehead atoms. The Balaban J connectivity index is 1.36. The minimum Gasteiger partial charge on any atom is -0.493 e. The largest absolute Gasteiger partial charge is 0.493 e. The van der Waals surface area contributed by atoms with E-state index in [4.69, 9.17) is 14.2 Å². The lowest BCUT2D eigenvalue weighted by atomic mass is 10.0. The summed E-state index contributed by atoms with van der Waals surface area (Å²) in [4.78, 5) is 34.3. The number of carbonyl (C=O) groups excluding carboxylic acids is 2. The molecule has 2 saturated heterocycles. The molecular formula is C30H33FN4O5. The van der Waals surface area contributed by atoms with E-state index in [1.165, 1.54) is 13.2 Å². The van der Waals surface area contributed by atoms with Gasteiger partial charge in [0.2, 0.25) is 0 Å². The Bertz CT molecular complexity index is 1390. The Morgan fingerprint density at radius 2 is 1.88 bits per heavy atom. The highest BCUT2D eigenvalue weighted by Gasteiger charge is 2.25. The number of amides is 2. The topological polar surface area (TPSA) is 93.2 Å². The number of pyridine rings is 1. The van der Waals surface area contributed by atoms with Crippen molar-refractivity contribution in [1.29, 1.82) is 0 Å². The van der Waals surface area contributed by atoms with Gasteiger partial charge in [-0.1, -0.05) is 12.1 Å². The van der Waals surface area contributed by atoms with Gasteiger partial charge in [0.15, 0.2) is 11.6 Å². The number of halogens is 1. The summed E-state index contributed by atoms with van der Waals surface area (Å²) in [5.74, 6) is -1.35. The molecule has 1 N–H and O–H groups in total. The van der Waals surface area contributed by atoms with Crippen LogP contribution in [0.2, 0.25) is 0 Å². The minimum absolute atomic E-state index is 0.0874. The fraction of sp³-hybridized carbons (Fsp3) is 0.367. The summed E-state index contributed by atoms with van der Waals surface area (Å²) in [7, 11) is 3.09. The van der Waals surface area contributed by atoms with Crippen LogP contribution in [0, 0.1) is 12.7 Å². The van der Waals surface area contributed by atoms with Gasteiger partial charge in [0.05, 0.1) is 37.8 Å². The van der Waals surface area contributed by atoms with E-state index in [0.717, 1.165) is 29.7 Å². The normalized spacial score (nSPS) is 17.0. The number of benzene rings is 2. The third kappa shape index (κ3) is 5.78. The first-order chi connectivity index (χ1) is 19.4. The molecule has 40 heavy (non-hydrogen) atoms. The summed E-state index contributed by atoms with van der Waals surface area (Å²) >= 11 is 0. The molecule has 0 spiro atoms. The van der Waals surface area contributed by atoms with Gasteiger partial charge in [-0.05, 0) is 49.6 Å². The molecule has 10 heteroatoms. The van der Waals surface area contributed by atoms with Crippen molar-refractivity contribution in [3.8, 4) is 16.9 Å². The number of anilines is 2. The lowest BCUT2D eigenvalue weighted by Gasteiger charge is -2.29. The standard InChI is InChI=1S/C30H33FN4O5/c1-19-24(20-6-8-21(9-7-20)30(37)34(2)27-5-4-12-40-27)15-22(18-32-19)33-29(36)25-16-23(17-26(31)28(25)38-3)35-10-13-39-14-11-35/h6-9,15-18,27H,4-5,10-14H2,1-3H3,(H,33,36). The van der Waals surface area contributed by atoms with Gasteiger partial charge < -0.3 is 29.3 Å². The van der Waals surface area contributed by atoms with Gasteiger partial charge in [-0.3, -0.25) is 14.6 Å². The van der Waals surface area contributed by atoms with Crippen molar-refractivity contribution in [2.24, 2.45) is 0 Å². The Morgan fingerprint density at radius 1 is 1.12 bits per heavy atom. The Kier molecular flexibility index (Phi) is 8.27. The maximum Gasteiger partial charge on any atom is 0.259 e. The van der Waals surface area contributed by atoms with Crippen LogP contribution in [-0.4, -0.2) is 75.0 Å². The summed E-state index contributed by atoms with van der Waals surface area (Å²) in [6.45, 7) is 4.82. The van der Waals surface area contributed by atoms with Gasteiger partial charge in [0.1, 0.15) is 6.23 Å². The average Bonchev–Trinajstić information content (AvgIpc) is 3.53. The first kappa shape index (κ1) is 27.5. The molecule has 2 aromatic carbocycles. The van der Waals surface area contributed by atoms with Crippen LogP contribution >= 0.6 is 0 Å². The van der Waals surface area contributed by atoms with Gasteiger partial charge >= 0.3 is 0 Å². The van der Waals surface area contributed by atoms with Gasteiger partial charge in [-0.25, -0.2) is 4.39 Å². The predicted octanol–water partition coefficient (Wildman–Crippen LogP) is 4.50. The predicted molar refractivity (Wildman–Crippen MR) is 149 cm³/mol. The van der Waals surface area contributed by atoms with Crippen LogP contribution in [0.3, 0.4) is 0 Å². The van der Waals surface area contributed by atoms with Crippen molar-refractivity contribution in [2.45, 2.75) is 26.0 Å².